The fourth-order valence-corrected chi connectivity index (χ4v) is 2.06. The first-order valence-corrected chi connectivity index (χ1v) is 5.24. The predicted octanol–water partition coefficient (Wildman–Crippen LogP) is -1.85. The fraction of sp³-hybridized carbons (Fsp3) is 1.00. The van der Waals surface area contributed by atoms with Crippen LogP contribution in [0.1, 0.15) is 0 Å². The molecule has 0 bridgehead atoms. The summed E-state index contributed by atoms with van der Waals surface area (Å²) in [6, 6.07) is 0. The van der Waals surface area contributed by atoms with E-state index in [-0.39, 0.29) is 0 Å². The van der Waals surface area contributed by atoms with E-state index < -0.39 is 36.5 Å². The summed E-state index contributed by atoms with van der Waals surface area (Å²) in [7, 11) is 0. The van der Waals surface area contributed by atoms with Gasteiger partial charge in [0.25, 0.3) is 0 Å². The molecule has 0 amide bonds. The average Bonchev–Trinajstić information content (AvgIpc) is 2.12. The molecule has 1 heterocycles. The first-order chi connectivity index (χ1) is 6.11. The Labute approximate surface area is 80.3 Å². The Morgan fingerprint density at radius 2 is 1.85 bits per heavy atom. The highest BCUT2D eigenvalue weighted by Crippen LogP contribution is 2.27. The third-order valence-corrected chi connectivity index (χ3v) is 3.17. The molecule has 0 aromatic carbocycles. The third kappa shape index (κ3) is 2.15. The molecular weight excluding hydrogens is 196 g/mol. The third-order valence-electron chi connectivity index (χ3n) is 2.11. The van der Waals surface area contributed by atoms with E-state index in [9.17, 15) is 15.3 Å². The molecule has 1 aliphatic heterocycles. The summed E-state index contributed by atoms with van der Waals surface area (Å²) in [5.74, 6) is 0. The van der Waals surface area contributed by atoms with Crippen LogP contribution in [0.25, 0.3) is 0 Å². The smallest absolute Gasteiger partial charge is 0.169 e. The van der Waals surface area contributed by atoms with Gasteiger partial charge in [0.05, 0.1) is 18.0 Å². The maximum absolute atomic E-state index is 9.49. The van der Waals surface area contributed by atoms with E-state index >= 15 is 0 Å². The van der Waals surface area contributed by atoms with Gasteiger partial charge >= 0.3 is 0 Å². The number of ether oxygens (including phenoxy) is 1. The molecule has 1 saturated heterocycles. The van der Waals surface area contributed by atoms with Crippen LogP contribution in [0.15, 0.2) is 0 Å². The molecule has 13 heavy (non-hydrogen) atoms. The normalized spacial score (nSPS) is 46.4. The number of hydrogen-bond acceptors (Lipinski definition) is 6. The molecule has 0 aromatic heterocycles. The van der Waals surface area contributed by atoms with Crippen LogP contribution in [0.4, 0.5) is 0 Å². The van der Waals surface area contributed by atoms with Crippen LogP contribution in [0, 0.1) is 0 Å². The molecule has 0 aliphatic carbocycles. The standard InChI is InChI=1S/C7H14O5S/c1-13-6-5(10)4(9)3(2-8)12-7(6)11/h3-11H,2H2,1H3/t3?,4-,5?,6+,7-/m0/s1. The molecule has 0 saturated carbocycles. The molecule has 1 rings (SSSR count). The maximum atomic E-state index is 9.49. The van der Waals surface area contributed by atoms with Crippen molar-refractivity contribution in [3.05, 3.63) is 0 Å². The summed E-state index contributed by atoms with van der Waals surface area (Å²) in [6.07, 6.45) is -2.58. The molecule has 4 N–H and O–H groups in total. The molecule has 5 nitrogen and oxygen atoms in total. The molecule has 2 unspecified atom stereocenters. The second kappa shape index (κ2) is 4.59. The number of aliphatic hydroxyl groups excluding tert-OH is 4. The summed E-state index contributed by atoms with van der Waals surface area (Å²) >= 11 is 1.21. The van der Waals surface area contributed by atoms with Crippen molar-refractivity contribution in [1.82, 2.24) is 0 Å². The van der Waals surface area contributed by atoms with Crippen LogP contribution in [-0.2, 0) is 4.74 Å². The lowest BCUT2D eigenvalue weighted by atomic mass is 10.0. The minimum absolute atomic E-state index is 0.420. The van der Waals surface area contributed by atoms with Crippen LogP contribution < -0.4 is 0 Å². The molecule has 78 valence electrons. The highest BCUT2D eigenvalue weighted by atomic mass is 32.2. The van der Waals surface area contributed by atoms with Gasteiger partial charge in [0.1, 0.15) is 12.2 Å². The van der Waals surface area contributed by atoms with Gasteiger partial charge in [0.2, 0.25) is 0 Å². The van der Waals surface area contributed by atoms with E-state index in [1.165, 1.54) is 11.8 Å². The number of hydrogen-bond donors (Lipinski definition) is 4. The van der Waals surface area contributed by atoms with Crippen molar-refractivity contribution in [2.75, 3.05) is 12.9 Å². The number of rotatable bonds is 2. The molecule has 0 spiro atoms. The second-order valence-electron chi connectivity index (χ2n) is 2.93. The Morgan fingerprint density at radius 1 is 1.23 bits per heavy atom. The zero-order valence-electron chi connectivity index (χ0n) is 7.20. The minimum atomic E-state index is -1.15. The SMILES string of the molecule is CS[C@@H]1C(O)[C@@H](O)C(CO)O[C@@H]1O. The molecule has 6 heteroatoms. The van der Waals surface area contributed by atoms with Gasteiger partial charge in [-0.3, -0.25) is 0 Å². The van der Waals surface area contributed by atoms with Crippen LogP contribution in [-0.4, -0.2) is 63.1 Å². The van der Waals surface area contributed by atoms with Gasteiger partial charge in [-0.1, -0.05) is 0 Å². The highest BCUT2D eigenvalue weighted by molar-refractivity contribution is 7.99. The Hall–Kier alpha value is 0.150. The Bertz CT molecular complexity index is 167. The molecular formula is C7H14O5S. The van der Waals surface area contributed by atoms with Gasteiger partial charge in [-0.2, -0.15) is 11.8 Å². The minimum Gasteiger partial charge on any atom is -0.394 e. The first-order valence-electron chi connectivity index (χ1n) is 3.95. The van der Waals surface area contributed by atoms with E-state index in [1.54, 1.807) is 6.26 Å². The number of thioether (sulfide) groups is 1. The predicted molar refractivity (Wildman–Crippen MR) is 47.3 cm³/mol. The van der Waals surface area contributed by atoms with Crippen LogP contribution in [0.5, 0.6) is 0 Å². The van der Waals surface area contributed by atoms with Crippen molar-refractivity contribution in [2.24, 2.45) is 0 Å². The van der Waals surface area contributed by atoms with E-state index in [2.05, 4.69) is 0 Å². The van der Waals surface area contributed by atoms with Gasteiger partial charge in [-0.25, -0.2) is 0 Å². The van der Waals surface area contributed by atoms with Crippen molar-refractivity contribution in [1.29, 1.82) is 0 Å². The Morgan fingerprint density at radius 3 is 2.31 bits per heavy atom. The van der Waals surface area contributed by atoms with Gasteiger partial charge < -0.3 is 25.2 Å². The quantitative estimate of drug-likeness (QED) is 0.428. The maximum Gasteiger partial charge on any atom is 0.169 e. The van der Waals surface area contributed by atoms with Crippen molar-refractivity contribution >= 4 is 11.8 Å². The first kappa shape index (κ1) is 11.2. The van der Waals surface area contributed by atoms with Crippen molar-refractivity contribution < 1.29 is 25.2 Å². The lowest BCUT2D eigenvalue weighted by Crippen LogP contribution is -2.57. The van der Waals surface area contributed by atoms with E-state index in [0.29, 0.717) is 0 Å². The Kier molecular flexibility index (Phi) is 3.96. The molecule has 1 fully saturated rings. The lowest BCUT2D eigenvalue weighted by Gasteiger charge is -2.39. The summed E-state index contributed by atoms with van der Waals surface area (Å²) in [4.78, 5) is 0. The molecule has 1 aliphatic rings. The van der Waals surface area contributed by atoms with E-state index in [1.807, 2.05) is 0 Å². The summed E-state index contributed by atoms with van der Waals surface area (Å²) in [6.45, 7) is -0.420. The highest BCUT2D eigenvalue weighted by Gasteiger charge is 2.42. The molecule has 0 aromatic rings. The van der Waals surface area contributed by atoms with Gasteiger partial charge in [-0.05, 0) is 6.26 Å². The zero-order valence-corrected chi connectivity index (χ0v) is 8.02. The van der Waals surface area contributed by atoms with Gasteiger partial charge in [-0.15, -0.1) is 0 Å². The lowest BCUT2D eigenvalue weighted by molar-refractivity contribution is -0.234. The second-order valence-corrected chi connectivity index (χ2v) is 3.94. The van der Waals surface area contributed by atoms with Crippen molar-refractivity contribution in [3.63, 3.8) is 0 Å². The number of aliphatic hydroxyl groups is 4. The van der Waals surface area contributed by atoms with Crippen molar-refractivity contribution in [3.8, 4) is 0 Å². The molecule has 0 radical (unpaired) electrons. The van der Waals surface area contributed by atoms with E-state index in [4.69, 9.17) is 9.84 Å². The Balaban J connectivity index is 2.66. The van der Waals surface area contributed by atoms with Crippen LogP contribution in [0.2, 0.25) is 0 Å². The zero-order chi connectivity index (χ0) is 10.0. The summed E-state index contributed by atoms with van der Waals surface area (Å²) < 4.78 is 4.90. The van der Waals surface area contributed by atoms with Gasteiger partial charge in [0.15, 0.2) is 6.29 Å². The largest absolute Gasteiger partial charge is 0.394 e. The van der Waals surface area contributed by atoms with Gasteiger partial charge in [0, 0.05) is 0 Å². The molecule has 5 atom stereocenters. The van der Waals surface area contributed by atoms with E-state index in [0.717, 1.165) is 0 Å². The summed E-state index contributed by atoms with van der Waals surface area (Å²) in [5, 5.41) is 36.4. The monoisotopic (exact) mass is 210 g/mol. The van der Waals surface area contributed by atoms with Crippen LogP contribution >= 0.6 is 11.8 Å². The van der Waals surface area contributed by atoms with Crippen molar-refractivity contribution in [2.45, 2.75) is 29.9 Å². The fourth-order valence-electron chi connectivity index (χ4n) is 1.33. The topological polar surface area (TPSA) is 90.2 Å². The average molecular weight is 210 g/mol. The van der Waals surface area contributed by atoms with Crippen LogP contribution in [0.3, 0.4) is 0 Å². The summed E-state index contributed by atoms with van der Waals surface area (Å²) in [5.41, 5.74) is 0.